The number of ether oxygens (including phenoxy) is 2. The van der Waals surface area contributed by atoms with E-state index in [0.717, 1.165) is 25.7 Å². The fourth-order valence-corrected chi connectivity index (χ4v) is 2.62. The zero-order chi connectivity index (χ0) is 18.1. The Morgan fingerprint density at radius 1 is 1.24 bits per heavy atom. The van der Waals surface area contributed by atoms with Gasteiger partial charge in [0.05, 0.1) is 6.61 Å². The molecule has 0 heterocycles. The second-order valence-corrected chi connectivity index (χ2v) is 5.91. The van der Waals surface area contributed by atoms with Crippen LogP contribution in [0.2, 0.25) is 0 Å². The molecule has 0 saturated heterocycles. The van der Waals surface area contributed by atoms with Gasteiger partial charge in [-0.05, 0) is 56.4 Å². The van der Waals surface area contributed by atoms with E-state index in [1.165, 1.54) is 6.42 Å². The molecule has 0 radical (unpaired) electrons. The van der Waals surface area contributed by atoms with Crippen molar-refractivity contribution in [1.82, 2.24) is 0 Å². The molecule has 1 aliphatic carbocycles. The normalized spacial score (nSPS) is 18.6. The maximum absolute atomic E-state index is 12.0. The lowest BCUT2D eigenvalue weighted by Crippen LogP contribution is -2.21. The SMILES string of the molecule is CCOC(=O)C(O)c1ccc(NC(=O)OC2C=CCCCCC2)cc1. The van der Waals surface area contributed by atoms with Crippen LogP contribution in [0.4, 0.5) is 10.5 Å². The predicted molar refractivity (Wildman–Crippen MR) is 94.2 cm³/mol. The molecule has 6 heteroatoms. The van der Waals surface area contributed by atoms with Crippen molar-refractivity contribution in [3.05, 3.63) is 42.0 Å². The summed E-state index contributed by atoms with van der Waals surface area (Å²) in [4.78, 5) is 23.5. The van der Waals surface area contributed by atoms with Crippen LogP contribution in [-0.4, -0.2) is 29.9 Å². The molecule has 2 N–H and O–H groups in total. The number of amides is 1. The Bertz CT molecular complexity index is 596. The number of allylic oxidation sites excluding steroid dienone is 1. The van der Waals surface area contributed by atoms with Gasteiger partial charge in [-0.1, -0.05) is 24.6 Å². The maximum atomic E-state index is 12.0. The van der Waals surface area contributed by atoms with Gasteiger partial charge in [-0.15, -0.1) is 0 Å². The molecule has 0 aromatic heterocycles. The third-order valence-corrected chi connectivity index (χ3v) is 3.95. The highest BCUT2D eigenvalue weighted by molar-refractivity contribution is 5.85. The number of carbonyl (C=O) groups excluding carboxylic acids is 2. The van der Waals surface area contributed by atoms with Gasteiger partial charge in [0.15, 0.2) is 6.10 Å². The molecule has 136 valence electrons. The van der Waals surface area contributed by atoms with Crippen molar-refractivity contribution in [3.63, 3.8) is 0 Å². The van der Waals surface area contributed by atoms with Crippen LogP contribution in [0.15, 0.2) is 36.4 Å². The molecule has 0 spiro atoms. The summed E-state index contributed by atoms with van der Waals surface area (Å²) in [6.45, 7) is 1.88. The quantitative estimate of drug-likeness (QED) is 0.626. The van der Waals surface area contributed by atoms with Crippen molar-refractivity contribution >= 4 is 17.7 Å². The highest BCUT2D eigenvalue weighted by atomic mass is 16.6. The molecule has 1 amide bonds. The number of hydrogen-bond acceptors (Lipinski definition) is 5. The van der Waals surface area contributed by atoms with Crippen LogP contribution in [0.5, 0.6) is 0 Å². The average molecular weight is 347 g/mol. The summed E-state index contributed by atoms with van der Waals surface area (Å²) >= 11 is 0. The summed E-state index contributed by atoms with van der Waals surface area (Å²) in [5.74, 6) is -0.696. The molecule has 0 bridgehead atoms. The first kappa shape index (κ1) is 19.0. The van der Waals surface area contributed by atoms with Crippen LogP contribution < -0.4 is 5.32 Å². The Kier molecular flexibility index (Phi) is 7.47. The standard InChI is InChI=1S/C19H25NO5/c1-2-24-18(22)17(21)14-10-12-15(13-11-14)20-19(23)25-16-8-6-4-3-5-7-9-16/h6,8,10-13,16-17,21H,2-5,7,9H2,1H3,(H,20,23). The zero-order valence-electron chi connectivity index (χ0n) is 14.4. The fraction of sp³-hybridized carbons (Fsp3) is 0.474. The van der Waals surface area contributed by atoms with E-state index in [1.54, 1.807) is 31.2 Å². The number of rotatable bonds is 5. The van der Waals surface area contributed by atoms with Crippen LogP contribution in [0, 0.1) is 0 Å². The van der Waals surface area contributed by atoms with E-state index >= 15 is 0 Å². The van der Waals surface area contributed by atoms with Crippen LogP contribution in [0.25, 0.3) is 0 Å². The third-order valence-electron chi connectivity index (χ3n) is 3.95. The molecule has 2 unspecified atom stereocenters. The monoisotopic (exact) mass is 347 g/mol. The number of carbonyl (C=O) groups is 2. The van der Waals surface area contributed by atoms with Gasteiger partial charge in [0.2, 0.25) is 0 Å². The first-order chi connectivity index (χ1) is 12.1. The molecule has 2 atom stereocenters. The van der Waals surface area contributed by atoms with Crippen molar-refractivity contribution in [2.75, 3.05) is 11.9 Å². The second kappa shape index (κ2) is 9.84. The number of aliphatic hydroxyl groups is 1. The largest absolute Gasteiger partial charge is 0.464 e. The van der Waals surface area contributed by atoms with E-state index in [0.29, 0.717) is 11.3 Å². The van der Waals surface area contributed by atoms with E-state index in [2.05, 4.69) is 11.4 Å². The van der Waals surface area contributed by atoms with E-state index in [4.69, 9.17) is 9.47 Å². The van der Waals surface area contributed by atoms with Gasteiger partial charge >= 0.3 is 12.1 Å². The Labute approximate surface area is 147 Å². The maximum Gasteiger partial charge on any atom is 0.412 e. The van der Waals surface area contributed by atoms with Crippen LogP contribution >= 0.6 is 0 Å². The summed E-state index contributed by atoms with van der Waals surface area (Å²) in [6.07, 6.45) is 7.17. The lowest BCUT2D eigenvalue weighted by molar-refractivity contribution is -0.153. The van der Waals surface area contributed by atoms with Gasteiger partial charge in [-0.25, -0.2) is 9.59 Å². The minimum Gasteiger partial charge on any atom is -0.464 e. The molecule has 6 nitrogen and oxygen atoms in total. The zero-order valence-corrected chi connectivity index (χ0v) is 14.4. The highest BCUT2D eigenvalue weighted by Crippen LogP contribution is 2.19. The number of esters is 1. The van der Waals surface area contributed by atoms with Crippen molar-refractivity contribution in [3.8, 4) is 0 Å². The lowest BCUT2D eigenvalue weighted by Gasteiger charge is -2.17. The van der Waals surface area contributed by atoms with Crippen molar-refractivity contribution in [2.45, 2.75) is 51.2 Å². The van der Waals surface area contributed by atoms with Crippen LogP contribution in [-0.2, 0) is 14.3 Å². The summed E-state index contributed by atoms with van der Waals surface area (Å²) in [5.41, 5.74) is 0.931. The number of hydrogen-bond donors (Lipinski definition) is 2. The lowest BCUT2D eigenvalue weighted by atomic mass is 10.0. The van der Waals surface area contributed by atoms with Gasteiger partial charge in [0, 0.05) is 5.69 Å². The van der Waals surface area contributed by atoms with Crippen molar-refractivity contribution in [2.24, 2.45) is 0 Å². The van der Waals surface area contributed by atoms with Gasteiger partial charge < -0.3 is 14.6 Å². The Hall–Kier alpha value is -2.34. The molecule has 1 aromatic rings. The smallest absolute Gasteiger partial charge is 0.412 e. The van der Waals surface area contributed by atoms with E-state index in [1.807, 2.05) is 6.08 Å². The number of benzene rings is 1. The van der Waals surface area contributed by atoms with E-state index in [-0.39, 0.29) is 12.7 Å². The van der Waals surface area contributed by atoms with Crippen molar-refractivity contribution < 1.29 is 24.2 Å². The Morgan fingerprint density at radius 3 is 2.72 bits per heavy atom. The predicted octanol–water partition coefficient (Wildman–Crippen LogP) is 3.72. The molecule has 25 heavy (non-hydrogen) atoms. The summed E-state index contributed by atoms with van der Waals surface area (Å²) in [5, 5.41) is 12.5. The third kappa shape index (κ3) is 6.23. The molecule has 0 saturated carbocycles. The summed E-state index contributed by atoms with van der Waals surface area (Å²) < 4.78 is 10.2. The van der Waals surface area contributed by atoms with Gasteiger partial charge in [0.1, 0.15) is 6.10 Å². The number of nitrogens with one attached hydrogen (secondary N) is 1. The molecule has 0 fully saturated rings. The van der Waals surface area contributed by atoms with Gasteiger partial charge in [-0.3, -0.25) is 5.32 Å². The fourth-order valence-electron chi connectivity index (χ4n) is 2.62. The molecular weight excluding hydrogens is 322 g/mol. The molecule has 0 aliphatic heterocycles. The van der Waals surface area contributed by atoms with E-state index in [9.17, 15) is 14.7 Å². The van der Waals surface area contributed by atoms with E-state index < -0.39 is 18.2 Å². The Balaban J connectivity index is 1.88. The van der Waals surface area contributed by atoms with Gasteiger partial charge in [0.25, 0.3) is 0 Å². The average Bonchev–Trinajstić information content (AvgIpc) is 2.57. The molecule has 1 aromatic carbocycles. The molecule has 1 aliphatic rings. The molecular formula is C19H25NO5. The minimum absolute atomic E-state index is 0.204. The molecule has 2 rings (SSSR count). The minimum atomic E-state index is -1.33. The first-order valence-electron chi connectivity index (χ1n) is 8.69. The van der Waals surface area contributed by atoms with Crippen molar-refractivity contribution in [1.29, 1.82) is 0 Å². The van der Waals surface area contributed by atoms with Crippen LogP contribution in [0.1, 0.15) is 50.7 Å². The highest BCUT2D eigenvalue weighted by Gasteiger charge is 2.18. The first-order valence-corrected chi connectivity index (χ1v) is 8.69. The second-order valence-electron chi connectivity index (χ2n) is 5.91. The number of anilines is 1. The number of aliphatic hydroxyl groups excluding tert-OH is 1. The summed E-state index contributed by atoms with van der Waals surface area (Å²) in [7, 11) is 0. The topological polar surface area (TPSA) is 84.9 Å². The van der Waals surface area contributed by atoms with Gasteiger partial charge in [-0.2, -0.15) is 0 Å². The van der Waals surface area contributed by atoms with Crippen LogP contribution in [0.3, 0.4) is 0 Å². The summed E-state index contributed by atoms with van der Waals surface area (Å²) in [6, 6.07) is 6.33. The Morgan fingerprint density at radius 2 is 2.00 bits per heavy atom.